The molecule has 3 rings (SSSR count). The number of hydrogen-bond acceptors (Lipinski definition) is 5. The van der Waals surface area contributed by atoms with Crippen LogP contribution in [0.5, 0.6) is 0 Å². The van der Waals surface area contributed by atoms with Crippen molar-refractivity contribution in [3.63, 3.8) is 0 Å². The lowest BCUT2D eigenvalue weighted by molar-refractivity contribution is -0.119. The molecule has 2 N–H and O–H groups in total. The van der Waals surface area contributed by atoms with Gasteiger partial charge in [0.15, 0.2) is 5.69 Å². The van der Waals surface area contributed by atoms with Crippen molar-refractivity contribution in [3.8, 4) is 11.5 Å². The molecule has 0 saturated carbocycles. The summed E-state index contributed by atoms with van der Waals surface area (Å²) < 4.78 is 5.38. The number of benzene rings is 1. The minimum Gasteiger partial charge on any atom is -0.444 e. The van der Waals surface area contributed by atoms with Crippen LogP contribution in [0.15, 0.2) is 34.9 Å². The van der Waals surface area contributed by atoms with Crippen LogP contribution in [0.1, 0.15) is 10.5 Å². The van der Waals surface area contributed by atoms with Crippen LogP contribution in [0.3, 0.4) is 0 Å². The van der Waals surface area contributed by atoms with Crippen LogP contribution < -0.4 is 5.73 Å². The molecule has 2 amide bonds. The minimum absolute atomic E-state index is 0.199. The minimum atomic E-state index is -0.199. The van der Waals surface area contributed by atoms with E-state index in [1.807, 2.05) is 12.1 Å². The number of oxazole rings is 1. The lowest BCUT2D eigenvalue weighted by Crippen LogP contribution is -2.48. The smallest absolute Gasteiger partial charge is 0.275 e. The molecule has 1 saturated heterocycles. The zero-order valence-corrected chi connectivity index (χ0v) is 11.9. The number of nitrogen functional groups attached to an aromatic ring is 1. The second-order valence-corrected chi connectivity index (χ2v) is 5.06. The number of nitrogens with zero attached hydrogens (tertiary/aromatic N) is 3. The third kappa shape index (κ3) is 2.65. The average Bonchev–Trinajstić information content (AvgIpc) is 3.04. The highest BCUT2D eigenvalue weighted by Gasteiger charge is 2.24. The van der Waals surface area contributed by atoms with Gasteiger partial charge in [-0.15, -0.1) is 0 Å². The Balaban J connectivity index is 1.75. The van der Waals surface area contributed by atoms with E-state index in [0.29, 0.717) is 43.3 Å². The van der Waals surface area contributed by atoms with Crippen molar-refractivity contribution in [3.05, 3.63) is 36.2 Å². The maximum absolute atomic E-state index is 12.4. The molecule has 1 aromatic heterocycles. The number of hydrogen-bond donors (Lipinski definition) is 1. The molecular weight excluding hydrogens is 284 g/mol. The van der Waals surface area contributed by atoms with Crippen molar-refractivity contribution in [1.29, 1.82) is 0 Å². The molecule has 0 bridgehead atoms. The quantitative estimate of drug-likeness (QED) is 0.669. The first-order chi connectivity index (χ1) is 10.7. The van der Waals surface area contributed by atoms with E-state index in [9.17, 15) is 9.59 Å². The summed E-state index contributed by atoms with van der Waals surface area (Å²) in [4.78, 5) is 30.6. The van der Waals surface area contributed by atoms with Crippen LogP contribution in [0.2, 0.25) is 0 Å². The standard InChI is InChI=1S/C15H16N4O3/c16-12-4-2-1-3-11(12)14-17-13(9-22-14)15(21)19-7-5-18(10-20)6-8-19/h1-4,9-10H,5-8,16H2. The fraction of sp³-hybridized carbons (Fsp3) is 0.267. The van der Waals surface area contributed by atoms with Crippen molar-refractivity contribution in [2.75, 3.05) is 31.9 Å². The van der Waals surface area contributed by atoms with E-state index < -0.39 is 0 Å². The number of carbonyl (C=O) groups excluding carboxylic acids is 2. The molecule has 1 aliphatic heterocycles. The van der Waals surface area contributed by atoms with Crippen molar-refractivity contribution < 1.29 is 14.0 Å². The van der Waals surface area contributed by atoms with E-state index in [4.69, 9.17) is 10.2 Å². The molecular formula is C15H16N4O3. The predicted molar refractivity (Wildman–Crippen MR) is 79.9 cm³/mol. The van der Waals surface area contributed by atoms with Gasteiger partial charge in [0.25, 0.3) is 5.91 Å². The maximum atomic E-state index is 12.4. The fourth-order valence-electron chi connectivity index (χ4n) is 2.38. The second-order valence-electron chi connectivity index (χ2n) is 5.06. The normalized spacial score (nSPS) is 14.9. The summed E-state index contributed by atoms with van der Waals surface area (Å²) in [6.07, 6.45) is 2.14. The molecule has 1 aromatic carbocycles. The average molecular weight is 300 g/mol. The van der Waals surface area contributed by atoms with E-state index in [1.54, 1.807) is 21.9 Å². The van der Waals surface area contributed by atoms with E-state index in [1.165, 1.54) is 6.26 Å². The molecule has 2 heterocycles. The van der Waals surface area contributed by atoms with Crippen LogP contribution >= 0.6 is 0 Å². The van der Waals surface area contributed by atoms with Gasteiger partial charge in [0, 0.05) is 31.9 Å². The fourth-order valence-corrected chi connectivity index (χ4v) is 2.38. The molecule has 114 valence electrons. The van der Waals surface area contributed by atoms with E-state index in [2.05, 4.69) is 4.98 Å². The lowest BCUT2D eigenvalue weighted by Gasteiger charge is -2.31. The monoisotopic (exact) mass is 300 g/mol. The van der Waals surface area contributed by atoms with Crippen LogP contribution in [0.4, 0.5) is 5.69 Å². The Hall–Kier alpha value is -2.83. The molecule has 0 radical (unpaired) electrons. The summed E-state index contributed by atoms with van der Waals surface area (Å²) in [5.41, 5.74) is 7.33. The van der Waals surface area contributed by atoms with Crippen LogP contribution in [-0.2, 0) is 4.79 Å². The molecule has 0 spiro atoms. The van der Waals surface area contributed by atoms with Crippen molar-refractivity contribution in [2.45, 2.75) is 0 Å². The molecule has 1 aliphatic rings. The number of para-hydroxylation sites is 1. The number of anilines is 1. The molecule has 0 atom stereocenters. The Morgan fingerprint density at radius 2 is 1.95 bits per heavy atom. The first-order valence-electron chi connectivity index (χ1n) is 6.98. The van der Waals surface area contributed by atoms with Crippen LogP contribution in [-0.4, -0.2) is 53.3 Å². The molecule has 0 unspecified atom stereocenters. The van der Waals surface area contributed by atoms with Gasteiger partial charge >= 0.3 is 0 Å². The molecule has 1 fully saturated rings. The zero-order valence-electron chi connectivity index (χ0n) is 11.9. The van der Waals surface area contributed by atoms with Gasteiger partial charge in [-0.3, -0.25) is 9.59 Å². The summed E-state index contributed by atoms with van der Waals surface area (Å²) >= 11 is 0. The van der Waals surface area contributed by atoms with Gasteiger partial charge in [0.1, 0.15) is 6.26 Å². The van der Waals surface area contributed by atoms with Gasteiger partial charge in [0.2, 0.25) is 12.3 Å². The number of rotatable bonds is 3. The van der Waals surface area contributed by atoms with Gasteiger partial charge in [-0.2, -0.15) is 0 Å². The van der Waals surface area contributed by atoms with E-state index in [-0.39, 0.29) is 11.6 Å². The Labute approximate surface area is 127 Å². The summed E-state index contributed by atoms with van der Waals surface area (Å²) in [7, 11) is 0. The summed E-state index contributed by atoms with van der Waals surface area (Å²) in [6.45, 7) is 2.05. The zero-order chi connectivity index (χ0) is 15.5. The van der Waals surface area contributed by atoms with Crippen LogP contribution in [0, 0.1) is 0 Å². The second kappa shape index (κ2) is 5.88. The molecule has 0 aliphatic carbocycles. The third-order valence-corrected chi connectivity index (χ3v) is 3.67. The van der Waals surface area contributed by atoms with Crippen LogP contribution in [0.25, 0.3) is 11.5 Å². The van der Waals surface area contributed by atoms with E-state index >= 15 is 0 Å². The Bertz CT molecular complexity index is 690. The highest BCUT2D eigenvalue weighted by atomic mass is 16.3. The molecule has 22 heavy (non-hydrogen) atoms. The number of nitrogens with two attached hydrogens (primary N) is 1. The lowest BCUT2D eigenvalue weighted by atomic mass is 10.2. The first-order valence-corrected chi connectivity index (χ1v) is 6.98. The van der Waals surface area contributed by atoms with Gasteiger partial charge < -0.3 is 20.0 Å². The molecule has 7 heteroatoms. The predicted octanol–water partition coefficient (Wildman–Crippen LogP) is 0.838. The topological polar surface area (TPSA) is 92.7 Å². The van der Waals surface area contributed by atoms with Crippen molar-refractivity contribution >= 4 is 18.0 Å². The van der Waals surface area contributed by atoms with Gasteiger partial charge in [-0.1, -0.05) is 12.1 Å². The SMILES string of the molecule is Nc1ccccc1-c1nc(C(=O)N2CCN(C=O)CC2)co1. The van der Waals surface area contributed by atoms with Gasteiger partial charge in [0.05, 0.1) is 5.56 Å². The molecule has 7 nitrogen and oxygen atoms in total. The van der Waals surface area contributed by atoms with Gasteiger partial charge in [-0.05, 0) is 12.1 Å². The molecule has 2 aromatic rings. The highest BCUT2D eigenvalue weighted by Crippen LogP contribution is 2.25. The first kappa shape index (κ1) is 14.1. The number of carbonyl (C=O) groups is 2. The Kier molecular flexibility index (Phi) is 3.78. The van der Waals surface area contributed by atoms with Crippen molar-refractivity contribution in [2.24, 2.45) is 0 Å². The summed E-state index contributed by atoms with van der Waals surface area (Å²) in [5.74, 6) is 0.128. The largest absolute Gasteiger partial charge is 0.444 e. The summed E-state index contributed by atoms with van der Waals surface area (Å²) in [5, 5.41) is 0. The number of aromatic nitrogens is 1. The number of amides is 2. The Morgan fingerprint density at radius 3 is 2.64 bits per heavy atom. The van der Waals surface area contributed by atoms with Gasteiger partial charge in [-0.25, -0.2) is 4.98 Å². The third-order valence-electron chi connectivity index (χ3n) is 3.67. The highest BCUT2D eigenvalue weighted by molar-refractivity contribution is 5.92. The summed E-state index contributed by atoms with van der Waals surface area (Å²) in [6, 6.07) is 7.19. The maximum Gasteiger partial charge on any atom is 0.275 e. The Morgan fingerprint density at radius 1 is 1.23 bits per heavy atom. The van der Waals surface area contributed by atoms with E-state index in [0.717, 1.165) is 6.41 Å². The number of piperazine rings is 1. The van der Waals surface area contributed by atoms with Crippen molar-refractivity contribution in [1.82, 2.24) is 14.8 Å².